The van der Waals surface area contributed by atoms with Crippen molar-refractivity contribution in [2.24, 2.45) is 34.5 Å². The lowest BCUT2D eigenvalue weighted by Crippen LogP contribution is -2.62. The van der Waals surface area contributed by atoms with E-state index in [1.807, 2.05) is 19.2 Å². The summed E-state index contributed by atoms with van der Waals surface area (Å²) in [6.45, 7) is 4.30. The highest BCUT2D eigenvalue weighted by molar-refractivity contribution is 8.14. The molecule has 0 spiro atoms. The molecule has 0 radical (unpaired) electrons. The van der Waals surface area contributed by atoms with Crippen molar-refractivity contribution in [2.75, 3.05) is 5.75 Å². The van der Waals surface area contributed by atoms with Crippen LogP contribution in [0.2, 0.25) is 0 Å². The zero-order chi connectivity index (χ0) is 29.4. The number of hydrogen-bond acceptors (Lipinski definition) is 8. The first kappa shape index (κ1) is 27.8. The van der Waals surface area contributed by atoms with Gasteiger partial charge in [-0.05, 0) is 98.3 Å². The molecule has 2 aromatic heterocycles. The van der Waals surface area contributed by atoms with Gasteiger partial charge >= 0.3 is 5.97 Å². The Morgan fingerprint density at radius 3 is 2.76 bits per heavy atom. The molecule has 0 aromatic carbocycles. The summed E-state index contributed by atoms with van der Waals surface area (Å²) in [6, 6.07) is 5.04. The molecule has 7 rings (SSSR count). The number of hydrogen-bond donors (Lipinski definition) is 1. The summed E-state index contributed by atoms with van der Waals surface area (Å²) in [5.74, 6) is -0.737. The van der Waals surface area contributed by atoms with E-state index in [-0.39, 0.29) is 45.9 Å². The third kappa shape index (κ3) is 3.96. The number of aliphatic hydroxyl groups excluding tert-OH is 1. The van der Waals surface area contributed by atoms with E-state index >= 15 is 0 Å². The minimum absolute atomic E-state index is 0.00709. The van der Waals surface area contributed by atoms with Crippen LogP contribution in [0.4, 0.5) is 4.39 Å². The number of esters is 1. The zero-order valence-electron chi connectivity index (χ0n) is 23.9. The van der Waals surface area contributed by atoms with Gasteiger partial charge in [0.25, 0.3) is 0 Å². The van der Waals surface area contributed by atoms with Crippen LogP contribution < -0.4 is 0 Å². The average molecular weight is 591 g/mol. The van der Waals surface area contributed by atoms with Crippen LogP contribution in [-0.4, -0.2) is 48.4 Å². The van der Waals surface area contributed by atoms with Crippen molar-refractivity contribution in [3.8, 4) is 11.8 Å². The number of carbonyl (C=O) groups excluding carboxylic acids is 2. The molecular formula is C32H35FN4O4S. The van der Waals surface area contributed by atoms with Gasteiger partial charge in [-0.1, -0.05) is 31.2 Å². The van der Waals surface area contributed by atoms with Crippen LogP contribution in [0.5, 0.6) is 0 Å². The van der Waals surface area contributed by atoms with Gasteiger partial charge < -0.3 is 9.84 Å². The maximum atomic E-state index is 13.8. The van der Waals surface area contributed by atoms with Crippen molar-refractivity contribution in [3.05, 3.63) is 47.3 Å². The van der Waals surface area contributed by atoms with E-state index in [4.69, 9.17) is 4.74 Å². The Hall–Kier alpha value is -3.03. The van der Waals surface area contributed by atoms with E-state index in [9.17, 15) is 24.3 Å². The Balaban J connectivity index is 1.22. The van der Waals surface area contributed by atoms with Gasteiger partial charge in [0.2, 0.25) is 11.1 Å². The minimum atomic E-state index is -1.33. The fourth-order valence-corrected chi connectivity index (χ4v) is 10.0. The van der Waals surface area contributed by atoms with Crippen LogP contribution >= 0.6 is 11.8 Å². The lowest BCUT2D eigenvalue weighted by atomic mass is 9.45. The van der Waals surface area contributed by atoms with E-state index in [0.29, 0.717) is 18.5 Å². The summed E-state index contributed by atoms with van der Waals surface area (Å²) in [4.78, 5) is 30.7. The first-order chi connectivity index (χ1) is 20.1. The highest BCUT2D eigenvalue weighted by Gasteiger charge is 2.71. The van der Waals surface area contributed by atoms with Crippen molar-refractivity contribution >= 4 is 28.9 Å². The molecule has 5 aliphatic rings. The quantitative estimate of drug-likeness (QED) is 0.380. The molecular weight excluding hydrogens is 555 g/mol. The zero-order valence-corrected chi connectivity index (χ0v) is 24.7. The third-order valence-corrected chi connectivity index (χ3v) is 12.2. The number of aromatic nitrogens is 3. The Labute approximate surface area is 248 Å². The van der Waals surface area contributed by atoms with Crippen LogP contribution in [0.15, 0.2) is 30.1 Å². The number of ether oxygens (including phenoxy) is 1. The van der Waals surface area contributed by atoms with Crippen molar-refractivity contribution in [1.29, 1.82) is 5.26 Å². The fraction of sp³-hybridized carbons (Fsp3) is 0.594. The molecule has 1 N–H and O–H groups in total. The normalized spacial score (nSPS) is 36.5. The summed E-state index contributed by atoms with van der Waals surface area (Å²) in [6.07, 6.45) is 10.4. The Kier molecular flexibility index (Phi) is 6.45. The highest BCUT2D eigenvalue weighted by atomic mass is 32.2. The highest BCUT2D eigenvalue weighted by Crippen LogP contribution is 2.69. The summed E-state index contributed by atoms with van der Waals surface area (Å²) in [7, 11) is 0. The van der Waals surface area contributed by atoms with Gasteiger partial charge in [0.15, 0.2) is 5.60 Å². The lowest BCUT2D eigenvalue weighted by Gasteiger charge is -2.60. The molecule has 7 atom stereocenters. The molecule has 5 aliphatic carbocycles. The molecule has 0 amide bonds. The standard InChI is InChI=1S/C32H35FN4O4S/c1-30-14-19-16-36-37(21-6-8-26(33)35-17-21)24(19)13-20(30)5-7-22-23-9-10-32(29(40)42-12-11-34,41-28(39)18-3-4-18)31(23,2)15-25(38)27(22)30/h6,8,13,16-18,22-23,25,27,38H,3-5,7,9-10,12,14-15H2,1-2H3/t22-,23-,25-,27+,30-,31-,32-/m0/s1. The van der Waals surface area contributed by atoms with Gasteiger partial charge in [-0.3, -0.25) is 9.59 Å². The topological polar surface area (TPSA) is 118 Å². The number of pyridine rings is 1. The van der Waals surface area contributed by atoms with Crippen LogP contribution in [0.25, 0.3) is 11.8 Å². The summed E-state index contributed by atoms with van der Waals surface area (Å²) in [5, 5.41) is 25.6. The number of halogens is 1. The number of allylic oxidation sites excluding steroid dienone is 1. The number of fused-ring (bicyclic) bond motifs is 6. The molecule has 8 nitrogen and oxygen atoms in total. The Bertz CT molecular complexity index is 1530. The predicted molar refractivity (Wildman–Crippen MR) is 153 cm³/mol. The van der Waals surface area contributed by atoms with Crippen LogP contribution in [-0.2, 0) is 20.7 Å². The first-order valence-electron chi connectivity index (χ1n) is 15.0. The molecule has 2 aromatic rings. The van der Waals surface area contributed by atoms with Gasteiger partial charge in [-0.2, -0.15) is 14.8 Å². The largest absolute Gasteiger partial charge is 0.449 e. The molecule has 0 aliphatic heterocycles. The maximum absolute atomic E-state index is 13.8. The monoisotopic (exact) mass is 590 g/mol. The van der Waals surface area contributed by atoms with Gasteiger partial charge in [0, 0.05) is 5.41 Å². The number of carbonyl (C=O) groups is 2. The van der Waals surface area contributed by atoms with Crippen LogP contribution in [0.3, 0.4) is 0 Å². The van der Waals surface area contributed by atoms with E-state index in [0.717, 1.165) is 61.5 Å². The summed E-state index contributed by atoms with van der Waals surface area (Å²) < 4.78 is 21.5. The van der Waals surface area contributed by atoms with Crippen molar-refractivity contribution < 1.29 is 23.8 Å². The molecule has 42 heavy (non-hydrogen) atoms. The van der Waals surface area contributed by atoms with Gasteiger partial charge in [-0.25, -0.2) is 9.67 Å². The number of rotatable bonds is 5. The average Bonchev–Trinajstić information content (AvgIpc) is 3.68. The number of aliphatic hydroxyl groups is 1. The summed E-state index contributed by atoms with van der Waals surface area (Å²) in [5.41, 5.74) is 1.69. The first-order valence-corrected chi connectivity index (χ1v) is 15.9. The Morgan fingerprint density at radius 2 is 2.05 bits per heavy atom. The third-order valence-electron chi connectivity index (χ3n) is 11.3. The molecule has 2 heterocycles. The van der Waals surface area contributed by atoms with Gasteiger partial charge in [-0.15, -0.1) is 0 Å². The van der Waals surface area contributed by atoms with Crippen molar-refractivity contribution in [3.63, 3.8) is 0 Å². The van der Waals surface area contributed by atoms with E-state index in [2.05, 4.69) is 23.1 Å². The van der Waals surface area contributed by atoms with Gasteiger partial charge in [0.1, 0.15) is 0 Å². The van der Waals surface area contributed by atoms with E-state index < -0.39 is 23.1 Å². The van der Waals surface area contributed by atoms with Crippen molar-refractivity contribution in [1.82, 2.24) is 14.8 Å². The smallest absolute Gasteiger partial charge is 0.309 e. The second kappa shape index (κ2) is 9.75. The molecule has 0 bridgehead atoms. The number of thioether (sulfide) groups is 1. The predicted octanol–water partition coefficient (Wildman–Crippen LogP) is 5.03. The fourth-order valence-electron chi connectivity index (χ4n) is 9.20. The molecule has 0 unspecified atom stereocenters. The second-order valence-corrected chi connectivity index (χ2v) is 14.3. The molecule has 10 heteroatoms. The maximum Gasteiger partial charge on any atom is 0.309 e. The lowest BCUT2D eigenvalue weighted by molar-refractivity contribution is -0.197. The minimum Gasteiger partial charge on any atom is -0.449 e. The molecule has 4 saturated carbocycles. The van der Waals surface area contributed by atoms with E-state index in [1.165, 1.54) is 17.8 Å². The number of nitrogens with zero attached hydrogens (tertiary/aromatic N) is 4. The SMILES string of the molecule is C[C@]12Cc3cnn(-c4ccc(F)nc4)c3C=C1CC[C@@H]1[C@@H]2[C@@H](O)C[C@@]2(C)[C@H]1CC[C@]2(OC(=O)C1CC1)C(=O)SCC#N. The van der Waals surface area contributed by atoms with Gasteiger partial charge in [0.05, 0.1) is 47.6 Å². The molecule has 4 fully saturated rings. The second-order valence-electron chi connectivity index (χ2n) is 13.4. The number of nitriles is 1. The molecule has 220 valence electrons. The Morgan fingerprint density at radius 1 is 1.24 bits per heavy atom. The van der Waals surface area contributed by atoms with E-state index in [1.54, 1.807) is 10.7 Å². The summed E-state index contributed by atoms with van der Waals surface area (Å²) >= 11 is 0.940. The van der Waals surface area contributed by atoms with Crippen LogP contribution in [0, 0.1) is 51.8 Å². The van der Waals surface area contributed by atoms with Crippen LogP contribution in [0.1, 0.15) is 70.1 Å². The van der Waals surface area contributed by atoms with Crippen molar-refractivity contribution in [2.45, 2.75) is 76.9 Å². The molecule has 0 saturated heterocycles.